The normalized spacial score (nSPS) is 12.7. The van der Waals surface area contributed by atoms with Gasteiger partial charge in [0.1, 0.15) is 5.75 Å². The second-order valence-corrected chi connectivity index (χ2v) is 5.53. The van der Waals surface area contributed by atoms with Crippen molar-refractivity contribution in [1.29, 1.82) is 0 Å². The van der Waals surface area contributed by atoms with Gasteiger partial charge in [0.2, 0.25) is 0 Å². The molecular weight excluding hydrogens is 272 g/mol. The molecule has 20 heavy (non-hydrogen) atoms. The highest BCUT2D eigenvalue weighted by molar-refractivity contribution is 7.05. The van der Waals surface area contributed by atoms with E-state index < -0.39 is 0 Å². The summed E-state index contributed by atoms with van der Waals surface area (Å²) in [6.45, 7) is 6.78. The Morgan fingerprint density at radius 2 is 2.10 bits per heavy atom. The molecule has 0 saturated heterocycles. The highest BCUT2D eigenvalue weighted by Gasteiger charge is 2.24. The zero-order valence-electron chi connectivity index (χ0n) is 12.0. The molecule has 0 spiro atoms. The smallest absolute Gasteiger partial charge is 0.124 e. The van der Waals surface area contributed by atoms with Crippen LogP contribution in [0.15, 0.2) is 24.3 Å². The van der Waals surface area contributed by atoms with E-state index in [2.05, 4.69) is 28.9 Å². The quantitative estimate of drug-likeness (QED) is 0.632. The van der Waals surface area contributed by atoms with Gasteiger partial charge < -0.3 is 4.74 Å². The highest BCUT2D eigenvalue weighted by atomic mass is 32.1. The summed E-state index contributed by atoms with van der Waals surface area (Å²) in [5.41, 5.74) is 4.85. The van der Waals surface area contributed by atoms with Gasteiger partial charge in [0, 0.05) is 5.56 Å². The zero-order valence-corrected chi connectivity index (χ0v) is 12.8. The lowest BCUT2D eigenvalue weighted by Crippen LogP contribution is -2.29. The molecule has 0 saturated carbocycles. The molecule has 0 radical (unpaired) electrons. The van der Waals surface area contributed by atoms with Gasteiger partial charge in [-0.05, 0) is 30.4 Å². The SMILES string of the molecule is CCOc1ccccc1C(NN)c1snnc1C(C)C. The Labute approximate surface area is 123 Å². The van der Waals surface area contributed by atoms with Crippen LogP contribution >= 0.6 is 11.5 Å². The van der Waals surface area contributed by atoms with Crippen LogP contribution < -0.4 is 16.0 Å². The van der Waals surface area contributed by atoms with Crippen LogP contribution in [0.4, 0.5) is 0 Å². The van der Waals surface area contributed by atoms with Gasteiger partial charge in [0.25, 0.3) is 0 Å². The van der Waals surface area contributed by atoms with Crippen molar-refractivity contribution in [2.45, 2.75) is 32.7 Å². The second-order valence-electron chi connectivity index (χ2n) is 4.75. The van der Waals surface area contributed by atoms with Crippen molar-refractivity contribution in [2.24, 2.45) is 5.84 Å². The van der Waals surface area contributed by atoms with E-state index >= 15 is 0 Å². The topological polar surface area (TPSA) is 73.1 Å². The Kier molecular flexibility index (Phi) is 5.05. The van der Waals surface area contributed by atoms with Crippen LogP contribution in [0.25, 0.3) is 0 Å². The van der Waals surface area contributed by atoms with Crippen LogP contribution in [0.2, 0.25) is 0 Å². The van der Waals surface area contributed by atoms with Crippen LogP contribution in [-0.4, -0.2) is 16.2 Å². The molecule has 0 aliphatic rings. The van der Waals surface area contributed by atoms with Gasteiger partial charge in [-0.2, -0.15) is 0 Å². The van der Waals surface area contributed by atoms with Gasteiger partial charge in [-0.3, -0.25) is 5.84 Å². The molecular formula is C14H20N4OS. The number of hydrogen-bond acceptors (Lipinski definition) is 6. The van der Waals surface area contributed by atoms with Crippen molar-refractivity contribution in [2.75, 3.05) is 6.61 Å². The van der Waals surface area contributed by atoms with E-state index in [9.17, 15) is 0 Å². The molecule has 2 rings (SSSR count). The Morgan fingerprint density at radius 1 is 1.35 bits per heavy atom. The van der Waals surface area contributed by atoms with Gasteiger partial charge in [-0.25, -0.2) is 5.43 Å². The molecule has 0 fully saturated rings. The third kappa shape index (κ3) is 2.98. The van der Waals surface area contributed by atoms with E-state index in [0.29, 0.717) is 12.5 Å². The molecule has 108 valence electrons. The Bertz CT molecular complexity index is 556. The minimum Gasteiger partial charge on any atom is -0.494 e. The van der Waals surface area contributed by atoms with Crippen molar-refractivity contribution >= 4 is 11.5 Å². The summed E-state index contributed by atoms with van der Waals surface area (Å²) in [5, 5.41) is 4.22. The fourth-order valence-corrected chi connectivity index (χ4v) is 3.00. The number of nitrogens with one attached hydrogen (secondary N) is 1. The third-order valence-electron chi connectivity index (χ3n) is 3.05. The lowest BCUT2D eigenvalue weighted by Gasteiger charge is -2.19. The van der Waals surface area contributed by atoms with Gasteiger partial charge in [0.15, 0.2) is 0 Å². The molecule has 0 bridgehead atoms. The lowest BCUT2D eigenvalue weighted by atomic mass is 10.00. The molecule has 0 amide bonds. The molecule has 1 heterocycles. The Morgan fingerprint density at radius 3 is 2.75 bits per heavy atom. The molecule has 1 unspecified atom stereocenters. The molecule has 3 N–H and O–H groups in total. The predicted molar refractivity (Wildman–Crippen MR) is 80.8 cm³/mol. The molecule has 6 heteroatoms. The van der Waals surface area contributed by atoms with E-state index in [4.69, 9.17) is 10.6 Å². The fraction of sp³-hybridized carbons (Fsp3) is 0.429. The minimum atomic E-state index is -0.157. The maximum Gasteiger partial charge on any atom is 0.124 e. The van der Waals surface area contributed by atoms with Crippen LogP contribution in [0.1, 0.15) is 48.9 Å². The monoisotopic (exact) mass is 292 g/mol. The number of rotatable bonds is 6. The maximum atomic E-state index is 5.78. The molecule has 0 aliphatic heterocycles. The third-order valence-corrected chi connectivity index (χ3v) is 3.85. The van der Waals surface area contributed by atoms with E-state index in [-0.39, 0.29) is 6.04 Å². The zero-order chi connectivity index (χ0) is 14.5. The Balaban J connectivity index is 2.44. The number of nitrogens with two attached hydrogens (primary N) is 1. The van der Waals surface area contributed by atoms with E-state index in [0.717, 1.165) is 21.9 Å². The highest BCUT2D eigenvalue weighted by Crippen LogP contribution is 2.34. The maximum absolute atomic E-state index is 5.78. The number of aromatic nitrogens is 2. The number of ether oxygens (including phenoxy) is 1. The number of hydrogen-bond donors (Lipinski definition) is 2. The van der Waals surface area contributed by atoms with Crippen LogP contribution in [0.5, 0.6) is 5.75 Å². The summed E-state index contributed by atoms with van der Waals surface area (Å²) in [4.78, 5) is 1.04. The molecule has 0 aliphatic carbocycles. The van der Waals surface area contributed by atoms with Crippen molar-refractivity contribution in [3.05, 3.63) is 40.4 Å². The molecule has 1 aromatic carbocycles. The fourth-order valence-electron chi connectivity index (χ4n) is 2.12. The van der Waals surface area contributed by atoms with Crippen LogP contribution in [0, 0.1) is 0 Å². The Hall–Kier alpha value is -1.50. The number of benzene rings is 1. The van der Waals surface area contributed by atoms with Crippen molar-refractivity contribution < 1.29 is 4.74 Å². The van der Waals surface area contributed by atoms with Crippen molar-refractivity contribution in [3.63, 3.8) is 0 Å². The molecule has 5 nitrogen and oxygen atoms in total. The van der Waals surface area contributed by atoms with Crippen molar-refractivity contribution in [1.82, 2.24) is 15.0 Å². The van der Waals surface area contributed by atoms with E-state index in [1.165, 1.54) is 11.5 Å². The first-order chi connectivity index (χ1) is 9.69. The summed E-state index contributed by atoms with van der Waals surface area (Å²) >= 11 is 1.37. The number of hydrazine groups is 1. The van der Waals surface area contributed by atoms with Crippen LogP contribution in [-0.2, 0) is 0 Å². The van der Waals surface area contributed by atoms with Gasteiger partial charge in [-0.15, -0.1) is 5.10 Å². The van der Waals surface area contributed by atoms with Gasteiger partial charge in [0.05, 0.1) is 23.2 Å². The average molecular weight is 292 g/mol. The first kappa shape index (κ1) is 14.9. The molecule has 1 aromatic heterocycles. The summed E-state index contributed by atoms with van der Waals surface area (Å²) in [7, 11) is 0. The molecule has 2 aromatic rings. The lowest BCUT2D eigenvalue weighted by molar-refractivity contribution is 0.333. The molecule has 1 atom stereocenters. The summed E-state index contributed by atoms with van der Waals surface area (Å²) in [6.07, 6.45) is 0. The van der Waals surface area contributed by atoms with E-state index in [1.807, 2.05) is 31.2 Å². The minimum absolute atomic E-state index is 0.157. The summed E-state index contributed by atoms with van der Waals surface area (Å²) in [5.74, 6) is 6.91. The van der Waals surface area contributed by atoms with Crippen molar-refractivity contribution in [3.8, 4) is 5.75 Å². The first-order valence-corrected chi connectivity index (χ1v) is 7.46. The number of para-hydroxylation sites is 1. The van der Waals surface area contributed by atoms with Gasteiger partial charge >= 0.3 is 0 Å². The number of nitrogens with zero attached hydrogens (tertiary/aromatic N) is 2. The predicted octanol–water partition coefficient (Wildman–Crippen LogP) is 2.61. The second kappa shape index (κ2) is 6.78. The summed E-state index contributed by atoms with van der Waals surface area (Å²) < 4.78 is 9.76. The first-order valence-electron chi connectivity index (χ1n) is 6.69. The summed E-state index contributed by atoms with van der Waals surface area (Å²) in [6, 6.07) is 7.74. The largest absolute Gasteiger partial charge is 0.494 e. The van der Waals surface area contributed by atoms with Gasteiger partial charge in [-0.1, -0.05) is 36.5 Å². The average Bonchev–Trinajstić information content (AvgIpc) is 2.91. The van der Waals surface area contributed by atoms with E-state index in [1.54, 1.807) is 0 Å². The standard InChI is InChI=1S/C14H20N4OS/c1-4-19-11-8-6-5-7-10(11)13(16-15)14-12(9(2)3)17-18-20-14/h5-9,13,16H,4,15H2,1-3H3. The van der Waals surface area contributed by atoms with Crippen LogP contribution in [0.3, 0.4) is 0 Å².